The van der Waals surface area contributed by atoms with E-state index in [1.54, 1.807) is 0 Å². The Balaban J connectivity index is 1.84. The number of hydrogen-bond acceptors (Lipinski definition) is 4. The number of ketones is 1. The summed E-state index contributed by atoms with van der Waals surface area (Å²) in [6.07, 6.45) is 0.638. The van der Waals surface area contributed by atoms with Crippen molar-refractivity contribution in [2.45, 2.75) is 39.3 Å². The molecule has 0 saturated carbocycles. The van der Waals surface area contributed by atoms with Crippen LogP contribution >= 0.6 is 0 Å². The molecular formula is C17H25NO3. The lowest BCUT2D eigenvalue weighted by Gasteiger charge is -2.35. The summed E-state index contributed by atoms with van der Waals surface area (Å²) < 4.78 is 11.5. The highest BCUT2D eigenvalue weighted by Gasteiger charge is 2.22. The molecule has 2 rings (SSSR count). The van der Waals surface area contributed by atoms with Crippen LogP contribution in [-0.2, 0) is 4.74 Å². The molecule has 4 heteroatoms. The minimum Gasteiger partial charge on any atom is -0.491 e. The molecule has 1 fully saturated rings. The average Bonchev–Trinajstić information content (AvgIpc) is 2.53. The molecule has 1 aromatic carbocycles. The number of carbonyl (C=O) groups excluding carboxylic acids is 1. The molecule has 0 N–H and O–H groups in total. The molecule has 0 spiro atoms. The van der Waals surface area contributed by atoms with Gasteiger partial charge in [-0.15, -0.1) is 0 Å². The highest BCUT2D eigenvalue weighted by atomic mass is 16.5. The molecule has 116 valence electrons. The van der Waals surface area contributed by atoms with Crippen LogP contribution in [0.5, 0.6) is 5.75 Å². The average molecular weight is 291 g/mol. The van der Waals surface area contributed by atoms with Crippen LogP contribution in [0.1, 0.15) is 37.6 Å². The van der Waals surface area contributed by atoms with Crippen LogP contribution in [0.15, 0.2) is 24.3 Å². The lowest BCUT2D eigenvalue weighted by molar-refractivity contribution is -0.0564. The van der Waals surface area contributed by atoms with Crippen LogP contribution in [0.25, 0.3) is 0 Å². The van der Waals surface area contributed by atoms with Crippen LogP contribution in [0.3, 0.4) is 0 Å². The Morgan fingerprint density at radius 3 is 2.71 bits per heavy atom. The fraction of sp³-hybridized carbons (Fsp3) is 0.588. The first-order valence-electron chi connectivity index (χ1n) is 7.72. The van der Waals surface area contributed by atoms with Gasteiger partial charge in [0.15, 0.2) is 5.78 Å². The number of Topliss-reactive ketones (excluding diaryl/α,β-unsaturated/α-hetero) is 1. The quantitative estimate of drug-likeness (QED) is 0.756. The smallest absolute Gasteiger partial charge is 0.162 e. The van der Waals surface area contributed by atoms with Crippen molar-refractivity contribution >= 4 is 5.78 Å². The van der Waals surface area contributed by atoms with Crippen molar-refractivity contribution in [1.29, 1.82) is 0 Å². The second-order valence-electron chi connectivity index (χ2n) is 5.69. The normalized spacial score (nSPS) is 19.7. The van der Waals surface area contributed by atoms with E-state index in [1.807, 2.05) is 31.2 Å². The van der Waals surface area contributed by atoms with E-state index in [0.29, 0.717) is 19.1 Å². The monoisotopic (exact) mass is 291 g/mol. The van der Waals surface area contributed by atoms with E-state index in [2.05, 4.69) is 18.7 Å². The van der Waals surface area contributed by atoms with Gasteiger partial charge < -0.3 is 9.47 Å². The summed E-state index contributed by atoms with van der Waals surface area (Å²) in [6, 6.07) is 7.89. The highest BCUT2D eigenvalue weighted by Crippen LogP contribution is 2.15. The zero-order valence-corrected chi connectivity index (χ0v) is 13.2. The van der Waals surface area contributed by atoms with Gasteiger partial charge >= 0.3 is 0 Å². The first kappa shape index (κ1) is 16.0. The van der Waals surface area contributed by atoms with Gasteiger partial charge in [0, 0.05) is 31.1 Å². The van der Waals surface area contributed by atoms with Crippen molar-refractivity contribution in [1.82, 2.24) is 4.90 Å². The van der Waals surface area contributed by atoms with E-state index in [1.165, 1.54) is 0 Å². The summed E-state index contributed by atoms with van der Waals surface area (Å²) >= 11 is 0. The van der Waals surface area contributed by atoms with Gasteiger partial charge in [-0.2, -0.15) is 0 Å². The third-order valence-corrected chi connectivity index (χ3v) is 3.83. The molecule has 0 radical (unpaired) electrons. The van der Waals surface area contributed by atoms with Crippen molar-refractivity contribution in [2.24, 2.45) is 0 Å². The van der Waals surface area contributed by atoms with Crippen molar-refractivity contribution in [3.8, 4) is 5.75 Å². The first-order chi connectivity index (χ1) is 10.1. The van der Waals surface area contributed by atoms with Gasteiger partial charge in [-0.05, 0) is 38.1 Å². The Labute approximate surface area is 127 Å². The molecule has 21 heavy (non-hydrogen) atoms. The number of hydrogen-bond donors (Lipinski definition) is 0. The fourth-order valence-corrected chi connectivity index (χ4v) is 2.44. The number of carbonyl (C=O) groups is 1. The molecule has 0 aromatic heterocycles. The predicted molar refractivity (Wildman–Crippen MR) is 83.0 cm³/mol. The number of nitrogens with zero attached hydrogens (tertiary/aromatic N) is 1. The van der Waals surface area contributed by atoms with Crippen molar-refractivity contribution in [3.05, 3.63) is 29.8 Å². The Hall–Kier alpha value is -1.39. The fourth-order valence-electron chi connectivity index (χ4n) is 2.44. The van der Waals surface area contributed by atoms with Crippen LogP contribution in [0, 0.1) is 0 Å². The molecule has 1 aliphatic rings. The summed E-state index contributed by atoms with van der Waals surface area (Å²) in [5.74, 6) is 0.942. The minimum atomic E-state index is 0.109. The van der Waals surface area contributed by atoms with Crippen LogP contribution in [0.2, 0.25) is 0 Å². The Kier molecular flexibility index (Phi) is 5.76. The van der Waals surface area contributed by atoms with Gasteiger partial charge in [0.2, 0.25) is 0 Å². The SMILES string of the molecule is CCC(=O)c1ccc(OCC2CN(C(C)C)CCO2)cc1. The molecule has 0 amide bonds. The van der Waals surface area contributed by atoms with Crippen LogP contribution in [0.4, 0.5) is 0 Å². The van der Waals surface area contributed by atoms with Gasteiger partial charge in [0.25, 0.3) is 0 Å². The largest absolute Gasteiger partial charge is 0.491 e. The summed E-state index contributed by atoms with van der Waals surface area (Å²) in [7, 11) is 0. The van der Waals surface area contributed by atoms with Gasteiger partial charge in [-0.3, -0.25) is 9.69 Å². The number of benzene rings is 1. The lowest BCUT2D eigenvalue weighted by atomic mass is 10.1. The molecule has 1 aliphatic heterocycles. The predicted octanol–water partition coefficient (Wildman–Crippen LogP) is 2.77. The van der Waals surface area contributed by atoms with Crippen LogP contribution in [-0.4, -0.2) is 49.1 Å². The first-order valence-corrected chi connectivity index (χ1v) is 7.72. The topological polar surface area (TPSA) is 38.8 Å². The molecular weight excluding hydrogens is 266 g/mol. The number of morpholine rings is 1. The zero-order valence-electron chi connectivity index (χ0n) is 13.2. The minimum absolute atomic E-state index is 0.109. The molecule has 1 saturated heterocycles. The molecule has 1 heterocycles. The van der Waals surface area contributed by atoms with E-state index >= 15 is 0 Å². The van der Waals surface area contributed by atoms with E-state index < -0.39 is 0 Å². The van der Waals surface area contributed by atoms with Crippen molar-refractivity contribution in [2.75, 3.05) is 26.3 Å². The zero-order chi connectivity index (χ0) is 15.2. The number of ether oxygens (including phenoxy) is 2. The van der Waals surface area contributed by atoms with E-state index in [9.17, 15) is 4.79 Å². The molecule has 4 nitrogen and oxygen atoms in total. The maximum atomic E-state index is 11.6. The molecule has 0 bridgehead atoms. The maximum Gasteiger partial charge on any atom is 0.162 e. The Bertz CT molecular complexity index is 456. The number of rotatable bonds is 6. The van der Waals surface area contributed by atoms with Gasteiger partial charge in [-0.25, -0.2) is 0 Å². The summed E-state index contributed by atoms with van der Waals surface area (Å²) in [6.45, 7) is 9.47. The van der Waals surface area contributed by atoms with E-state index in [4.69, 9.17) is 9.47 Å². The lowest BCUT2D eigenvalue weighted by Crippen LogP contribution is -2.47. The van der Waals surface area contributed by atoms with Crippen LogP contribution < -0.4 is 4.74 Å². The summed E-state index contributed by atoms with van der Waals surface area (Å²) in [5, 5.41) is 0. The third kappa shape index (κ3) is 4.55. The molecule has 1 unspecified atom stereocenters. The molecule has 0 aliphatic carbocycles. The Morgan fingerprint density at radius 1 is 1.38 bits per heavy atom. The Morgan fingerprint density at radius 2 is 2.10 bits per heavy atom. The van der Waals surface area contributed by atoms with E-state index in [0.717, 1.165) is 31.0 Å². The van der Waals surface area contributed by atoms with Gasteiger partial charge in [-0.1, -0.05) is 6.92 Å². The standard InChI is InChI=1S/C17H25NO3/c1-4-17(19)14-5-7-15(8-6-14)21-12-16-11-18(13(2)3)9-10-20-16/h5-8,13,16H,4,9-12H2,1-3H3. The van der Waals surface area contributed by atoms with Gasteiger partial charge in [0.1, 0.15) is 18.5 Å². The molecule has 1 atom stereocenters. The summed E-state index contributed by atoms with van der Waals surface area (Å²) in [4.78, 5) is 14.0. The van der Waals surface area contributed by atoms with E-state index in [-0.39, 0.29) is 11.9 Å². The van der Waals surface area contributed by atoms with Crippen molar-refractivity contribution < 1.29 is 14.3 Å². The third-order valence-electron chi connectivity index (χ3n) is 3.83. The second-order valence-corrected chi connectivity index (χ2v) is 5.69. The summed E-state index contributed by atoms with van der Waals surface area (Å²) in [5.41, 5.74) is 0.741. The maximum absolute atomic E-state index is 11.6. The highest BCUT2D eigenvalue weighted by molar-refractivity contribution is 5.95. The van der Waals surface area contributed by atoms with Gasteiger partial charge in [0.05, 0.1) is 6.61 Å². The second kappa shape index (κ2) is 7.57. The molecule has 1 aromatic rings. The van der Waals surface area contributed by atoms with Crippen molar-refractivity contribution in [3.63, 3.8) is 0 Å².